The second kappa shape index (κ2) is 6.52. The van der Waals surface area contributed by atoms with Crippen molar-refractivity contribution in [2.75, 3.05) is 6.54 Å². The van der Waals surface area contributed by atoms with Crippen LogP contribution in [-0.4, -0.2) is 32.1 Å². The van der Waals surface area contributed by atoms with Crippen molar-refractivity contribution in [3.8, 4) is 0 Å². The van der Waals surface area contributed by atoms with Crippen molar-refractivity contribution >= 4 is 5.91 Å². The average Bonchev–Trinajstić information content (AvgIpc) is 3.22. The zero-order valence-corrected chi connectivity index (χ0v) is 14.1. The van der Waals surface area contributed by atoms with Crippen LogP contribution in [0.25, 0.3) is 0 Å². The Morgan fingerprint density at radius 1 is 1.43 bits per heavy atom. The van der Waals surface area contributed by atoms with Crippen molar-refractivity contribution in [3.05, 3.63) is 47.5 Å². The van der Waals surface area contributed by atoms with Crippen LogP contribution >= 0.6 is 0 Å². The van der Waals surface area contributed by atoms with E-state index in [4.69, 9.17) is 0 Å². The van der Waals surface area contributed by atoms with Gasteiger partial charge in [0.05, 0.1) is 11.7 Å². The van der Waals surface area contributed by atoms with Crippen molar-refractivity contribution in [2.24, 2.45) is 0 Å². The number of aromatic nitrogens is 3. The molecule has 0 N–H and O–H groups in total. The molecule has 23 heavy (non-hydrogen) atoms. The van der Waals surface area contributed by atoms with Crippen LogP contribution in [0.4, 0.5) is 0 Å². The standard InChI is InChI=1S/C18H24N4O/c1-4-22-17(11-15(20-22)13(2)3)18(23)21-10-6-8-16(21)14-7-5-9-19-12-14/h5,7,9,11-13,16H,4,6,8,10H2,1-3H3. The van der Waals surface area contributed by atoms with Crippen LogP contribution in [-0.2, 0) is 6.54 Å². The summed E-state index contributed by atoms with van der Waals surface area (Å²) >= 11 is 0. The van der Waals surface area contributed by atoms with E-state index < -0.39 is 0 Å². The maximum Gasteiger partial charge on any atom is 0.272 e. The lowest BCUT2D eigenvalue weighted by Gasteiger charge is -2.25. The summed E-state index contributed by atoms with van der Waals surface area (Å²) in [5.41, 5.74) is 2.80. The molecule has 3 heterocycles. The van der Waals surface area contributed by atoms with Crippen molar-refractivity contribution in [1.29, 1.82) is 0 Å². The van der Waals surface area contributed by atoms with E-state index in [0.29, 0.717) is 18.2 Å². The summed E-state index contributed by atoms with van der Waals surface area (Å²) in [7, 11) is 0. The van der Waals surface area contributed by atoms with E-state index in [0.717, 1.165) is 30.6 Å². The highest BCUT2D eigenvalue weighted by atomic mass is 16.2. The minimum atomic E-state index is 0.0811. The van der Waals surface area contributed by atoms with E-state index in [2.05, 4.69) is 30.0 Å². The number of rotatable bonds is 4. The first-order valence-corrected chi connectivity index (χ1v) is 8.40. The number of hydrogen-bond acceptors (Lipinski definition) is 3. The monoisotopic (exact) mass is 312 g/mol. The van der Waals surface area contributed by atoms with Gasteiger partial charge in [0.25, 0.3) is 5.91 Å². The van der Waals surface area contributed by atoms with Crippen molar-refractivity contribution < 1.29 is 4.79 Å². The number of carbonyl (C=O) groups is 1. The first-order chi connectivity index (χ1) is 11.1. The van der Waals surface area contributed by atoms with Crippen molar-refractivity contribution in [1.82, 2.24) is 19.7 Å². The highest BCUT2D eigenvalue weighted by Crippen LogP contribution is 2.33. The van der Waals surface area contributed by atoms with E-state index in [9.17, 15) is 4.79 Å². The molecule has 0 radical (unpaired) electrons. The largest absolute Gasteiger partial charge is 0.330 e. The molecule has 2 aromatic rings. The summed E-state index contributed by atoms with van der Waals surface area (Å²) < 4.78 is 1.83. The fourth-order valence-electron chi connectivity index (χ4n) is 3.21. The number of likely N-dealkylation sites (tertiary alicyclic amines) is 1. The molecule has 1 aliphatic heterocycles. The highest BCUT2D eigenvalue weighted by Gasteiger charge is 2.32. The molecule has 1 aliphatic rings. The Kier molecular flexibility index (Phi) is 4.46. The molecule has 1 fully saturated rings. The number of pyridine rings is 1. The van der Waals surface area contributed by atoms with Crippen LogP contribution in [0.3, 0.4) is 0 Å². The Morgan fingerprint density at radius 3 is 2.91 bits per heavy atom. The quantitative estimate of drug-likeness (QED) is 0.869. The zero-order chi connectivity index (χ0) is 16.4. The third-order valence-corrected chi connectivity index (χ3v) is 4.49. The van der Waals surface area contributed by atoms with Gasteiger partial charge in [-0.1, -0.05) is 19.9 Å². The van der Waals surface area contributed by atoms with Gasteiger partial charge in [-0.2, -0.15) is 5.10 Å². The number of hydrogen-bond donors (Lipinski definition) is 0. The number of carbonyl (C=O) groups excluding carboxylic acids is 1. The van der Waals surface area contributed by atoms with Crippen LogP contribution in [0.5, 0.6) is 0 Å². The van der Waals surface area contributed by atoms with Gasteiger partial charge >= 0.3 is 0 Å². The van der Waals surface area contributed by atoms with Crippen LogP contribution in [0.1, 0.15) is 67.3 Å². The van der Waals surface area contributed by atoms with Crippen molar-refractivity contribution in [2.45, 2.75) is 52.1 Å². The highest BCUT2D eigenvalue weighted by molar-refractivity contribution is 5.93. The van der Waals surface area contributed by atoms with Crippen molar-refractivity contribution in [3.63, 3.8) is 0 Å². The van der Waals surface area contributed by atoms with Gasteiger partial charge in [0, 0.05) is 25.5 Å². The molecule has 3 rings (SSSR count). The summed E-state index contributed by atoms with van der Waals surface area (Å²) in [4.78, 5) is 19.3. The summed E-state index contributed by atoms with van der Waals surface area (Å²) in [6, 6.07) is 6.07. The van der Waals surface area contributed by atoms with Crippen LogP contribution in [0.15, 0.2) is 30.6 Å². The van der Waals surface area contributed by atoms with Gasteiger partial charge in [-0.3, -0.25) is 14.5 Å². The van der Waals surface area contributed by atoms with Gasteiger partial charge in [0.2, 0.25) is 0 Å². The van der Waals surface area contributed by atoms with Gasteiger partial charge in [-0.05, 0) is 43.4 Å². The van der Waals surface area contributed by atoms with Crippen LogP contribution in [0.2, 0.25) is 0 Å². The lowest BCUT2D eigenvalue weighted by Crippen LogP contribution is -2.32. The molecule has 5 nitrogen and oxygen atoms in total. The number of nitrogens with zero attached hydrogens (tertiary/aromatic N) is 4. The topological polar surface area (TPSA) is 51.0 Å². The minimum Gasteiger partial charge on any atom is -0.330 e. The molecule has 0 saturated carbocycles. The molecule has 1 amide bonds. The van der Waals surface area contributed by atoms with Gasteiger partial charge in [-0.25, -0.2) is 0 Å². The Morgan fingerprint density at radius 2 is 2.26 bits per heavy atom. The predicted molar refractivity (Wildman–Crippen MR) is 89.2 cm³/mol. The Hall–Kier alpha value is -2.17. The van der Waals surface area contributed by atoms with E-state index >= 15 is 0 Å². The number of amides is 1. The minimum absolute atomic E-state index is 0.0811. The molecule has 1 saturated heterocycles. The summed E-state index contributed by atoms with van der Waals surface area (Å²) in [6.45, 7) is 7.73. The lowest BCUT2D eigenvalue weighted by molar-refractivity contribution is 0.0723. The first-order valence-electron chi connectivity index (χ1n) is 8.40. The smallest absolute Gasteiger partial charge is 0.272 e. The summed E-state index contributed by atoms with van der Waals surface area (Å²) in [6.07, 6.45) is 5.66. The fourth-order valence-corrected chi connectivity index (χ4v) is 3.21. The molecule has 0 aromatic carbocycles. The maximum atomic E-state index is 13.1. The molecule has 1 atom stereocenters. The van der Waals surface area contributed by atoms with E-state index in [1.165, 1.54) is 0 Å². The Balaban J connectivity index is 1.90. The SMILES string of the molecule is CCn1nc(C(C)C)cc1C(=O)N1CCCC1c1cccnc1. The molecule has 0 bridgehead atoms. The van der Waals surface area contributed by atoms with Gasteiger partial charge in [-0.15, -0.1) is 0 Å². The van der Waals surface area contributed by atoms with Gasteiger partial charge in [0.15, 0.2) is 0 Å². The van der Waals surface area contributed by atoms with E-state index in [1.54, 1.807) is 6.20 Å². The van der Waals surface area contributed by atoms with Crippen LogP contribution in [0, 0.1) is 0 Å². The Labute approximate surface area is 137 Å². The average molecular weight is 312 g/mol. The maximum absolute atomic E-state index is 13.1. The molecule has 2 aromatic heterocycles. The summed E-state index contributed by atoms with van der Waals surface area (Å²) in [5.74, 6) is 0.402. The Bertz CT molecular complexity index is 678. The first kappa shape index (κ1) is 15.7. The third kappa shape index (κ3) is 3.00. The zero-order valence-electron chi connectivity index (χ0n) is 14.1. The fraction of sp³-hybridized carbons (Fsp3) is 0.500. The van der Waals surface area contributed by atoms with E-state index in [-0.39, 0.29) is 11.9 Å². The predicted octanol–water partition coefficient (Wildman–Crippen LogP) is 3.40. The van der Waals surface area contributed by atoms with Gasteiger partial charge < -0.3 is 4.90 Å². The second-order valence-electron chi connectivity index (χ2n) is 6.37. The molecule has 0 spiro atoms. The molecule has 0 aliphatic carbocycles. The lowest BCUT2D eigenvalue weighted by atomic mass is 10.1. The normalized spacial score (nSPS) is 17.9. The number of aryl methyl sites for hydroxylation is 1. The molecular weight excluding hydrogens is 288 g/mol. The molecule has 1 unspecified atom stereocenters. The molecule has 5 heteroatoms. The second-order valence-corrected chi connectivity index (χ2v) is 6.37. The van der Waals surface area contributed by atoms with E-state index in [1.807, 2.05) is 34.8 Å². The third-order valence-electron chi connectivity index (χ3n) is 4.49. The van der Waals surface area contributed by atoms with Gasteiger partial charge in [0.1, 0.15) is 5.69 Å². The summed E-state index contributed by atoms with van der Waals surface area (Å²) in [5, 5.41) is 4.58. The molecular formula is C18H24N4O. The van der Waals surface area contributed by atoms with Crippen LogP contribution < -0.4 is 0 Å². The molecule has 122 valence electrons.